The molecule has 0 bridgehead atoms. The normalized spacial score (nSPS) is 27.2. The van der Waals surface area contributed by atoms with E-state index in [1.54, 1.807) is 0 Å². The summed E-state index contributed by atoms with van der Waals surface area (Å²) in [5, 5.41) is 0. The third-order valence-electron chi connectivity index (χ3n) is 5.37. The molecule has 3 heteroatoms. The quantitative estimate of drug-likeness (QED) is 0.814. The molecule has 3 nitrogen and oxygen atoms in total. The summed E-state index contributed by atoms with van der Waals surface area (Å²) in [6.07, 6.45) is 5.17. The lowest BCUT2D eigenvalue weighted by molar-refractivity contribution is -0.227. The van der Waals surface area contributed by atoms with E-state index in [9.17, 15) is 0 Å². The fraction of sp³-hybridized carbons (Fsp3) is 0.647. The van der Waals surface area contributed by atoms with Crippen LogP contribution in [0.5, 0.6) is 0 Å². The molecule has 20 heavy (non-hydrogen) atoms. The molecular formula is C17H25N3. The van der Waals surface area contributed by atoms with Crippen molar-refractivity contribution in [1.29, 1.82) is 0 Å². The standard InChI is InChI=1S/C17H25N3/c1-2-7-16(8-3-1)15-17-18-9-4-10-19(17)12-6-14-20(17)13-5-11-18/h1-3,7-8H,4-6,9-15H2. The van der Waals surface area contributed by atoms with Gasteiger partial charge in [0, 0.05) is 45.7 Å². The van der Waals surface area contributed by atoms with Crippen molar-refractivity contribution < 1.29 is 0 Å². The molecule has 0 spiro atoms. The monoisotopic (exact) mass is 271 g/mol. The van der Waals surface area contributed by atoms with E-state index in [2.05, 4.69) is 45.0 Å². The van der Waals surface area contributed by atoms with E-state index in [4.69, 9.17) is 0 Å². The molecule has 0 unspecified atom stereocenters. The van der Waals surface area contributed by atoms with Gasteiger partial charge in [-0.15, -0.1) is 0 Å². The lowest BCUT2D eigenvalue weighted by atomic mass is 9.93. The molecule has 0 N–H and O–H groups in total. The summed E-state index contributed by atoms with van der Waals surface area (Å²) in [5.41, 5.74) is 1.48. The number of hydrogen-bond acceptors (Lipinski definition) is 3. The highest BCUT2D eigenvalue weighted by Gasteiger charge is 2.52. The Balaban J connectivity index is 1.72. The van der Waals surface area contributed by atoms with Gasteiger partial charge in [-0.2, -0.15) is 0 Å². The van der Waals surface area contributed by atoms with E-state index in [-0.39, 0.29) is 5.79 Å². The second-order valence-corrected chi connectivity index (χ2v) is 6.46. The molecular weight excluding hydrogens is 246 g/mol. The van der Waals surface area contributed by atoms with Crippen LogP contribution < -0.4 is 0 Å². The van der Waals surface area contributed by atoms with Crippen molar-refractivity contribution in [3.63, 3.8) is 0 Å². The van der Waals surface area contributed by atoms with Gasteiger partial charge in [-0.05, 0) is 24.8 Å². The Morgan fingerprint density at radius 2 is 1.15 bits per heavy atom. The zero-order chi connectivity index (χ0) is 13.4. The molecule has 0 amide bonds. The molecule has 3 heterocycles. The predicted molar refractivity (Wildman–Crippen MR) is 81.4 cm³/mol. The van der Waals surface area contributed by atoms with Crippen LogP contribution in [0.3, 0.4) is 0 Å². The van der Waals surface area contributed by atoms with E-state index < -0.39 is 0 Å². The van der Waals surface area contributed by atoms with Crippen LogP contribution in [0.25, 0.3) is 0 Å². The van der Waals surface area contributed by atoms with Crippen LogP contribution in [0.4, 0.5) is 0 Å². The minimum Gasteiger partial charge on any atom is -0.272 e. The van der Waals surface area contributed by atoms with Gasteiger partial charge in [-0.1, -0.05) is 30.3 Å². The zero-order valence-electron chi connectivity index (χ0n) is 12.3. The highest BCUT2D eigenvalue weighted by Crippen LogP contribution is 2.38. The van der Waals surface area contributed by atoms with Crippen molar-refractivity contribution in [2.45, 2.75) is 31.5 Å². The van der Waals surface area contributed by atoms with Gasteiger partial charge in [0.25, 0.3) is 0 Å². The number of hydrogen-bond donors (Lipinski definition) is 0. The Kier molecular flexibility index (Phi) is 3.29. The topological polar surface area (TPSA) is 9.72 Å². The number of rotatable bonds is 2. The largest absolute Gasteiger partial charge is 0.272 e. The van der Waals surface area contributed by atoms with Gasteiger partial charge in [0.2, 0.25) is 0 Å². The fourth-order valence-electron chi connectivity index (χ4n) is 4.57. The van der Waals surface area contributed by atoms with Gasteiger partial charge >= 0.3 is 0 Å². The van der Waals surface area contributed by atoms with Crippen LogP contribution in [0, 0.1) is 0 Å². The van der Waals surface area contributed by atoms with E-state index in [1.807, 2.05) is 0 Å². The van der Waals surface area contributed by atoms with E-state index >= 15 is 0 Å². The first-order valence-electron chi connectivity index (χ1n) is 8.19. The average molecular weight is 271 g/mol. The second kappa shape index (κ2) is 5.14. The molecule has 0 aromatic heterocycles. The van der Waals surface area contributed by atoms with E-state index in [0.717, 1.165) is 6.42 Å². The Labute approximate surface area is 122 Å². The molecule has 3 aliphatic rings. The summed E-state index contributed by atoms with van der Waals surface area (Å²) in [4.78, 5) is 8.31. The Morgan fingerprint density at radius 1 is 0.700 bits per heavy atom. The fourth-order valence-corrected chi connectivity index (χ4v) is 4.57. The molecule has 0 saturated carbocycles. The predicted octanol–water partition coefficient (Wildman–Crippen LogP) is 2.00. The van der Waals surface area contributed by atoms with Crippen LogP contribution in [-0.4, -0.2) is 59.8 Å². The maximum absolute atomic E-state index is 2.77. The van der Waals surface area contributed by atoms with Crippen molar-refractivity contribution in [3.05, 3.63) is 35.9 Å². The molecule has 4 rings (SSSR count). The summed E-state index contributed by atoms with van der Waals surface area (Å²) in [6, 6.07) is 11.1. The van der Waals surface area contributed by atoms with Gasteiger partial charge in [0.15, 0.2) is 0 Å². The molecule has 3 fully saturated rings. The smallest absolute Gasteiger partial charge is 0.135 e. The van der Waals surface area contributed by atoms with Crippen molar-refractivity contribution in [2.75, 3.05) is 39.3 Å². The van der Waals surface area contributed by atoms with Crippen LogP contribution in [-0.2, 0) is 6.42 Å². The summed E-state index contributed by atoms with van der Waals surface area (Å²) in [7, 11) is 0. The number of nitrogens with zero attached hydrogens (tertiary/aromatic N) is 3. The van der Waals surface area contributed by atoms with Gasteiger partial charge in [-0.25, -0.2) is 0 Å². The van der Waals surface area contributed by atoms with Crippen LogP contribution in [0.15, 0.2) is 30.3 Å². The third kappa shape index (κ3) is 1.92. The minimum atomic E-state index is 0.191. The molecule has 0 atom stereocenters. The van der Waals surface area contributed by atoms with E-state index in [1.165, 1.54) is 64.1 Å². The first kappa shape index (κ1) is 12.8. The average Bonchev–Trinajstić information content (AvgIpc) is 2.49. The van der Waals surface area contributed by atoms with Gasteiger partial charge in [-0.3, -0.25) is 14.7 Å². The first-order valence-corrected chi connectivity index (χ1v) is 8.19. The van der Waals surface area contributed by atoms with Crippen LogP contribution in [0.1, 0.15) is 24.8 Å². The molecule has 0 radical (unpaired) electrons. The Hall–Kier alpha value is -0.900. The van der Waals surface area contributed by atoms with Gasteiger partial charge < -0.3 is 0 Å². The highest BCUT2D eigenvalue weighted by molar-refractivity contribution is 5.19. The maximum Gasteiger partial charge on any atom is 0.135 e. The molecule has 108 valence electrons. The van der Waals surface area contributed by atoms with Gasteiger partial charge in [0.1, 0.15) is 5.79 Å². The van der Waals surface area contributed by atoms with Crippen molar-refractivity contribution in [1.82, 2.24) is 14.7 Å². The Bertz CT molecular complexity index is 411. The SMILES string of the molecule is c1ccc(CC23N4CCCN2CCCN3CCC4)cc1. The zero-order valence-corrected chi connectivity index (χ0v) is 12.3. The number of benzene rings is 1. The molecule has 0 aliphatic carbocycles. The lowest BCUT2D eigenvalue weighted by Gasteiger charge is -2.64. The summed E-state index contributed by atoms with van der Waals surface area (Å²) in [6.45, 7) is 7.67. The molecule has 3 aliphatic heterocycles. The Morgan fingerprint density at radius 3 is 1.60 bits per heavy atom. The molecule has 1 aromatic carbocycles. The second-order valence-electron chi connectivity index (χ2n) is 6.46. The molecule has 1 aromatic rings. The summed E-state index contributed by atoms with van der Waals surface area (Å²) < 4.78 is 0. The first-order chi connectivity index (χ1) is 9.89. The van der Waals surface area contributed by atoms with Crippen LogP contribution >= 0.6 is 0 Å². The minimum absolute atomic E-state index is 0.191. The van der Waals surface area contributed by atoms with Crippen molar-refractivity contribution in [3.8, 4) is 0 Å². The van der Waals surface area contributed by atoms with Crippen LogP contribution in [0.2, 0.25) is 0 Å². The van der Waals surface area contributed by atoms with Crippen molar-refractivity contribution in [2.24, 2.45) is 0 Å². The maximum atomic E-state index is 2.77. The van der Waals surface area contributed by atoms with Gasteiger partial charge in [0.05, 0.1) is 0 Å². The highest BCUT2D eigenvalue weighted by atomic mass is 15.6. The van der Waals surface area contributed by atoms with E-state index in [0.29, 0.717) is 0 Å². The lowest BCUT2D eigenvalue weighted by Crippen LogP contribution is -2.78. The summed E-state index contributed by atoms with van der Waals surface area (Å²) >= 11 is 0. The van der Waals surface area contributed by atoms with Crippen molar-refractivity contribution >= 4 is 0 Å². The molecule has 3 saturated heterocycles. The third-order valence-corrected chi connectivity index (χ3v) is 5.37. The summed E-state index contributed by atoms with van der Waals surface area (Å²) in [5.74, 6) is 0.191.